The van der Waals surface area contributed by atoms with Gasteiger partial charge in [0.05, 0.1) is 12.8 Å². The fourth-order valence-electron chi connectivity index (χ4n) is 4.70. The number of nitrogens with zero attached hydrogens (tertiary/aromatic N) is 2. The first-order valence-electron chi connectivity index (χ1n) is 11.8. The highest BCUT2D eigenvalue weighted by atomic mass is 16.5. The first-order valence-corrected chi connectivity index (χ1v) is 11.8. The highest BCUT2D eigenvalue weighted by Crippen LogP contribution is 2.27. The van der Waals surface area contributed by atoms with E-state index in [9.17, 15) is 4.79 Å². The average molecular weight is 422 g/mol. The van der Waals surface area contributed by atoms with Crippen LogP contribution in [0.2, 0.25) is 0 Å². The molecule has 1 saturated carbocycles. The van der Waals surface area contributed by atoms with Gasteiger partial charge in [-0.3, -0.25) is 4.79 Å². The van der Waals surface area contributed by atoms with Gasteiger partial charge in [-0.1, -0.05) is 44.4 Å². The summed E-state index contributed by atoms with van der Waals surface area (Å²) in [5.41, 5.74) is 4.56. The van der Waals surface area contributed by atoms with Crippen LogP contribution in [-0.2, 0) is 19.4 Å². The van der Waals surface area contributed by atoms with Gasteiger partial charge in [-0.25, -0.2) is 4.98 Å². The molecule has 0 bridgehead atoms. The van der Waals surface area contributed by atoms with E-state index in [4.69, 9.17) is 4.74 Å². The zero-order chi connectivity index (χ0) is 21.6. The topological polar surface area (TPSA) is 54.5 Å². The lowest BCUT2D eigenvalue weighted by Crippen LogP contribution is -2.38. The highest BCUT2D eigenvalue weighted by Gasteiger charge is 2.29. The normalized spacial score (nSPS) is 18.2. The molecule has 4 rings (SSSR count). The summed E-state index contributed by atoms with van der Waals surface area (Å²) in [5, 5.41) is 3.70. The number of aromatic nitrogens is 1. The summed E-state index contributed by atoms with van der Waals surface area (Å²) in [6, 6.07) is 11.3. The SMILES string of the molecule is CCCCOc1ccc(C(=O)N(C)[C@@H]2Cc3ccc(CNC4CCCC4)cc3C2)nc1. The molecule has 0 saturated heterocycles. The van der Waals surface area contributed by atoms with Crippen LogP contribution in [0.4, 0.5) is 0 Å². The van der Waals surface area contributed by atoms with Crippen molar-refractivity contribution in [2.45, 2.75) is 76.9 Å². The molecule has 1 amide bonds. The van der Waals surface area contributed by atoms with Gasteiger partial charge < -0.3 is 15.0 Å². The van der Waals surface area contributed by atoms with Crippen LogP contribution in [0.3, 0.4) is 0 Å². The lowest BCUT2D eigenvalue weighted by Gasteiger charge is -2.24. The van der Waals surface area contributed by atoms with E-state index in [0.29, 0.717) is 18.3 Å². The smallest absolute Gasteiger partial charge is 0.272 e. The minimum atomic E-state index is -0.0268. The number of carbonyl (C=O) groups is 1. The molecule has 0 spiro atoms. The molecule has 0 aliphatic heterocycles. The highest BCUT2D eigenvalue weighted by molar-refractivity contribution is 5.92. The molecular weight excluding hydrogens is 386 g/mol. The molecule has 1 N–H and O–H groups in total. The van der Waals surface area contributed by atoms with Crippen LogP contribution in [0, 0.1) is 0 Å². The lowest BCUT2D eigenvalue weighted by atomic mass is 10.1. The monoisotopic (exact) mass is 421 g/mol. The molecule has 0 radical (unpaired) electrons. The van der Waals surface area contributed by atoms with Crippen molar-refractivity contribution in [3.05, 3.63) is 58.9 Å². The van der Waals surface area contributed by atoms with Gasteiger partial charge in [-0.15, -0.1) is 0 Å². The van der Waals surface area contributed by atoms with Gasteiger partial charge in [0.25, 0.3) is 5.91 Å². The van der Waals surface area contributed by atoms with E-state index in [0.717, 1.165) is 38.0 Å². The fraction of sp³-hybridized carbons (Fsp3) is 0.538. The molecule has 1 aromatic carbocycles. The van der Waals surface area contributed by atoms with Crippen molar-refractivity contribution < 1.29 is 9.53 Å². The number of hydrogen-bond donors (Lipinski definition) is 1. The molecule has 2 aliphatic carbocycles. The predicted molar refractivity (Wildman–Crippen MR) is 123 cm³/mol. The Morgan fingerprint density at radius 2 is 1.97 bits per heavy atom. The number of likely N-dealkylation sites (N-methyl/N-ethyl adjacent to an activating group) is 1. The van der Waals surface area contributed by atoms with E-state index in [1.807, 2.05) is 18.0 Å². The number of unbranched alkanes of at least 4 members (excludes halogenated alkanes) is 1. The molecule has 1 atom stereocenters. The molecule has 1 aromatic heterocycles. The van der Waals surface area contributed by atoms with Crippen molar-refractivity contribution >= 4 is 5.91 Å². The number of nitrogens with one attached hydrogen (secondary N) is 1. The lowest BCUT2D eigenvalue weighted by molar-refractivity contribution is 0.0731. The molecular formula is C26H35N3O2. The van der Waals surface area contributed by atoms with E-state index in [2.05, 4.69) is 35.4 Å². The van der Waals surface area contributed by atoms with Crippen molar-refractivity contribution in [2.75, 3.05) is 13.7 Å². The number of rotatable bonds is 9. The second-order valence-electron chi connectivity index (χ2n) is 9.02. The number of pyridine rings is 1. The van der Waals surface area contributed by atoms with Crippen LogP contribution in [0.5, 0.6) is 5.75 Å². The first kappa shape index (κ1) is 21.8. The molecule has 31 heavy (non-hydrogen) atoms. The Bertz CT molecular complexity index is 875. The van der Waals surface area contributed by atoms with Crippen LogP contribution in [0.25, 0.3) is 0 Å². The van der Waals surface area contributed by atoms with Gasteiger partial charge in [0.1, 0.15) is 11.4 Å². The second-order valence-corrected chi connectivity index (χ2v) is 9.02. The Balaban J connectivity index is 1.33. The van der Waals surface area contributed by atoms with Gasteiger partial charge >= 0.3 is 0 Å². The van der Waals surface area contributed by atoms with Crippen molar-refractivity contribution in [3.8, 4) is 5.75 Å². The van der Waals surface area contributed by atoms with Crippen molar-refractivity contribution in [1.29, 1.82) is 0 Å². The number of carbonyl (C=O) groups excluding carboxylic acids is 1. The molecule has 166 valence electrons. The predicted octanol–water partition coefficient (Wildman–Crippen LogP) is 4.53. The van der Waals surface area contributed by atoms with E-state index in [-0.39, 0.29) is 11.9 Å². The number of amides is 1. The van der Waals surface area contributed by atoms with Gasteiger partial charge in [0.2, 0.25) is 0 Å². The summed E-state index contributed by atoms with van der Waals surface area (Å²) < 4.78 is 5.65. The summed E-state index contributed by atoms with van der Waals surface area (Å²) in [4.78, 5) is 19.2. The summed E-state index contributed by atoms with van der Waals surface area (Å²) >= 11 is 0. The van der Waals surface area contributed by atoms with Gasteiger partial charge in [-0.2, -0.15) is 0 Å². The maximum atomic E-state index is 13.0. The van der Waals surface area contributed by atoms with Crippen LogP contribution in [0.1, 0.15) is 72.6 Å². The standard InChI is InChI=1S/C26H35N3O2/c1-3-4-13-31-24-11-12-25(28-18-24)26(30)29(2)23-15-20-10-9-19(14-21(20)16-23)17-27-22-7-5-6-8-22/h9-12,14,18,22-23,27H,3-8,13,15-17H2,1-2H3/t23-/m1/s1. The third-order valence-electron chi connectivity index (χ3n) is 6.72. The van der Waals surface area contributed by atoms with Crippen molar-refractivity contribution in [2.24, 2.45) is 0 Å². The molecule has 1 fully saturated rings. The molecule has 2 aromatic rings. The third kappa shape index (κ3) is 5.45. The Morgan fingerprint density at radius 1 is 1.16 bits per heavy atom. The summed E-state index contributed by atoms with van der Waals surface area (Å²) in [6.45, 7) is 3.76. The third-order valence-corrected chi connectivity index (χ3v) is 6.72. The average Bonchev–Trinajstić information content (AvgIpc) is 3.47. The summed E-state index contributed by atoms with van der Waals surface area (Å²) in [7, 11) is 1.90. The van der Waals surface area contributed by atoms with Crippen molar-refractivity contribution in [1.82, 2.24) is 15.2 Å². The molecule has 0 unspecified atom stereocenters. The Kier molecular flexibility index (Phi) is 7.23. The molecule has 5 heteroatoms. The van der Waals surface area contributed by atoms with Gasteiger partial charge in [-0.05, 0) is 60.9 Å². The van der Waals surface area contributed by atoms with Crippen LogP contribution in [-0.4, -0.2) is 41.5 Å². The molecule has 1 heterocycles. The van der Waals surface area contributed by atoms with Gasteiger partial charge in [0.15, 0.2) is 0 Å². The Morgan fingerprint density at radius 3 is 2.71 bits per heavy atom. The van der Waals surface area contributed by atoms with E-state index < -0.39 is 0 Å². The Hall–Kier alpha value is -2.40. The summed E-state index contributed by atoms with van der Waals surface area (Å²) in [6.07, 6.45) is 10.9. The molecule has 5 nitrogen and oxygen atoms in total. The maximum absolute atomic E-state index is 13.0. The minimum absolute atomic E-state index is 0.0268. The van der Waals surface area contributed by atoms with Crippen molar-refractivity contribution in [3.63, 3.8) is 0 Å². The van der Waals surface area contributed by atoms with Crippen LogP contribution >= 0.6 is 0 Å². The van der Waals surface area contributed by atoms with Crippen LogP contribution in [0.15, 0.2) is 36.5 Å². The van der Waals surface area contributed by atoms with E-state index in [1.54, 1.807) is 12.3 Å². The van der Waals surface area contributed by atoms with Crippen LogP contribution < -0.4 is 10.1 Å². The van der Waals surface area contributed by atoms with Gasteiger partial charge in [0, 0.05) is 25.7 Å². The minimum Gasteiger partial charge on any atom is -0.492 e. The Labute approximate surface area is 186 Å². The first-order chi connectivity index (χ1) is 15.1. The quantitative estimate of drug-likeness (QED) is 0.605. The number of ether oxygens (including phenoxy) is 1. The van der Waals surface area contributed by atoms with E-state index >= 15 is 0 Å². The number of fused-ring (bicyclic) bond motifs is 1. The number of benzene rings is 1. The zero-order valence-corrected chi connectivity index (χ0v) is 18.9. The number of hydrogen-bond acceptors (Lipinski definition) is 4. The second kappa shape index (κ2) is 10.3. The maximum Gasteiger partial charge on any atom is 0.272 e. The fourth-order valence-corrected chi connectivity index (χ4v) is 4.70. The zero-order valence-electron chi connectivity index (χ0n) is 18.9. The summed E-state index contributed by atoms with van der Waals surface area (Å²) in [5.74, 6) is 0.695. The van der Waals surface area contributed by atoms with E-state index in [1.165, 1.54) is 42.4 Å². The largest absolute Gasteiger partial charge is 0.492 e. The molecule has 2 aliphatic rings.